The van der Waals surface area contributed by atoms with Crippen LogP contribution in [0.15, 0.2) is 36.7 Å². The third kappa shape index (κ3) is 4.86. The van der Waals surface area contributed by atoms with E-state index < -0.39 is 12.1 Å². The molecule has 2 aromatic rings. The monoisotopic (exact) mass is 314 g/mol. The average Bonchev–Trinajstić information content (AvgIpc) is 2.57. The Morgan fingerprint density at radius 1 is 1.13 bits per heavy atom. The van der Waals surface area contributed by atoms with Crippen molar-refractivity contribution in [1.82, 2.24) is 9.97 Å². The normalized spacial score (nSPS) is 12.0. The summed E-state index contributed by atoms with van der Waals surface area (Å²) in [5, 5.41) is 0. The lowest BCUT2D eigenvalue weighted by atomic mass is 10.2. The van der Waals surface area contributed by atoms with Gasteiger partial charge >= 0.3 is 5.97 Å². The second-order valence-electron chi connectivity index (χ2n) is 5.21. The number of hydrogen-bond acceptors (Lipinski definition) is 5. The minimum absolute atomic E-state index is 0.403. The maximum atomic E-state index is 11.8. The molecule has 0 saturated carbocycles. The van der Waals surface area contributed by atoms with E-state index in [4.69, 9.17) is 9.47 Å². The maximum Gasteiger partial charge on any atom is 0.340 e. The Morgan fingerprint density at radius 3 is 2.35 bits per heavy atom. The summed E-state index contributed by atoms with van der Waals surface area (Å²) in [6, 6.07) is 7.13. The second-order valence-corrected chi connectivity index (χ2v) is 5.21. The molecule has 1 aromatic carbocycles. The molecule has 0 N–H and O–H groups in total. The molecule has 0 aliphatic heterocycles. The molecule has 0 aliphatic rings. The van der Waals surface area contributed by atoms with Crippen LogP contribution in [-0.2, 0) is 16.0 Å². The summed E-state index contributed by atoms with van der Waals surface area (Å²) >= 11 is 0. The molecule has 0 saturated heterocycles. The van der Waals surface area contributed by atoms with Gasteiger partial charge in [0.15, 0.2) is 11.9 Å². The van der Waals surface area contributed by atoms with Crippen molar-refractivity contribution >= 4 is 5.97 Å². The molecular formula is C18H22N2O3. The predicted molar refractivity (Wildman–Crippen MR) is 88.2 cm³/mol. The van der Waals surface area contributed by atoms with E-state index >= 15 is 0 Å². The lowest BCUT2D eigenvalue weighted by Gasteiger charge is -2.11. The lowest BCUT2D eigenvalue weighted by molar-refractivity contribution is -0.145. The van der Waals surface area contributed by atoms with E-state index in [1.54, 1.807) is 19.1 Å². The SMILES string of the molecule is CCCc1cnc(-c2ccc(OC(=O)C(C)OCC)cc2)nc1. The Bertz CT molecular complexity index is 624. The molecule has 5 heteroatoms. The van der Waals surface area contributed by atoms with Gasteiger partial charge in [0.1, 0.15) is 5.75 Å². The molecule has 0 spiro atoms. The number of nitrogens with zero attached hydrogens (tertiary/aromatic N) is 2. The second kappa shape index (κ2) is 8.39. The minimum Gasteiger partial charge on any atom is -0.425 e. The van der Waals surface area contributed by atoms with Gasteiger partial charge in [-0.2, -0.15) is 0 Å². The molecule has 2 rings (SSSR count). The van der Waals surface area contributed by atoms with Gasteiger partial charge in [0, 0.05) is 24.6 Å². The maximum absolute atomic E-state index is 11.8. The van der Waals surface area contributed by atoms with Crippen LogP contribution in [-0.4, -0.2) is 28.6 Å². The van der Waals surface area contributed by atoms with Crippen LogP contribution in [0.4, 0.5) is 0 Å². The quantitative estimate of drug-likeness (QED) is 0.579. The third-order valence-electron chi connectivity index (χ3n) is 3.32. The molecule has 0 amide bonds. The smallest absolute Gasteiger partial charge is 0.340 e. The molecular weight excluding hydrogens is 292 g/mol. The first kappa shape index (κ1) is 17.1. The summed E-state index contributed by atoms with van der Waals surface area (Å²) in [4.78, 5) is 20.5. The summed E-state index contributed by atoms with van der Waals surface area (Å²) in [5.41, 5.74) is 2.01. The van der Waals surface area contributed by atoms with Gasteiger partial charge in [-0.05, 0) is 50.1 Å². The fourth-order valence-electron chi connectivity index (χ4n) is 2.11. The van der Waals surface area contributed by atoms with Crippen molar-refractivity contribution in [3.8, 4) is 17.1 Å². The molecule has 122 valence electrons. The summed E-state index contributed by atoms with van der Waals surface area (Å²) < 4.78 is 10.5. The number of carbonyl (C=O) groups is 1. The number of benzene rings is 1. The van der Waals surface area contributed by atoms with Crippen LogP contribution in [0.5, 0.6) is 5.75 Å². The minimum atomic E-state index is -0.575. The Morgan fingerprint density at radius 2 is 1.78 bits per heavy atom. The van der Waals surface area contributed by atoms with Gasteiger partial charge in [0.25, 0.3) is 0 Å². The highest BCUT2D eigenvalue weighted by molar-refractivity contribution is 5.77. The summed E-state index contributed by atoms with van der Waals surface area (Å²) in [6.07, 6.45) is 5.18. The third-order valence-corrected chi connectivity index (χ3v) is 3.32. The fourth-order valence-corrected chi connectivity index (χ4v) is 2.11. The first-order chi connectivity index (χ1) is 11.1. The Labute approximate surface area is 136 Å². The first-order valence-electron chi connectivity index (χ1n) is 7.88. The highest BCUT2D eigenvalue weighted by Crippen LogP contribution is 2.20. The van der Waals surface area contributed by atoms with Gasteiger partial charge in [0.2, 0.25) is 0 Å². The summed E-state index contributed by atoms with van der Waals surface area (Å²) in [7, 11) is 0. The molecule has 0 bridgehead atoms. The number of aromatic nitrogens is 2. The molecule has 5 nitrogen and oxygen atoms in total. The van der Waals surface area contributed by atoms with Crippen molar-refractivity contribution in [2.75, 3.05) is 6.61 Å². The molecule has 23 heavy (non-hydrogen) atoms. The van der Waals surface area contributed by atoms with Crippen molar-refractivity contribution in [1.29, 1.82) is 0 Å². The van der Waals surface area contributed by atoms with E-state index in [1.165, 1.54) is 0 Å². The molecule has 0 aliphatic carbocycles. The molecule has 0 radical (unpaired) electrons. The lowest BCUT2D eigenvalue weighted by Crippen LogP contribution is -2.25. The number of aryl methyl sites for hydroxylation is 1. The highest BCUT2D eigenvalue weighted by Gasteiger charge is 2.15. The first-order valence-corrected chi connectivity index (χ1v) is 7.88. The van der Waals surface area contributed by atoms with Gasteiger partial charge in [-0.25, -0.2) is 14.8 Å². The van der Waals surface area contributed by atoms with E-state index in [0.29, 0.717) is 18.2 Å². The van der Waals surface area contributed by atoms with Crippen molar-refractivity contribution in [2.45, 2.75) is 39.7 Å². The van der Waals surface area contributed by atoms with E-state index in [-0.39, 0.29) is 0 Å². The molecule has 1 unspecified atom stereocenters. The number of ether oxygens (including phenoxy) is 2. The number of rotatable bonds is 7. The number of carbonyl (C=O) groups excluding carboxylic acids is 1. The molecule has 1 heterocycles. The van der Waals surface area contributed by atoms with Crippen LogP contribution in [0, 0.1) is 0 Å². The van der Waals surface area contributed by atoms with E-state index in [9.17, 15) is 4.79 Å². The van der Waals surface area contributed by atoms with Crippen LogP contribution < -0.4 is 4.74 Å². The topological polar surface area (TPSA) is 61.3 Å². The van der Waals surface area contributed by atoms with E-state index in [0.717, 1.165) is 24.0 Å². The zero-order chi connectivity index (χ0) is 16.7. The summed E-state index contributed by atoms with van der Waals surface area (Å²) in [5.74, 6) is 0.734. The van der Waals surface area contributed by atoms with Gasteiger partial charge in [-0.3, -0.25) is 0 Å². The van der Waals surface area contributed by atoms with Crippen molar-refractivity contribution < 1.29 is 14.3 Å². The van der Waals surface area contributed by atoms with Crippen molar-refractivity contribution in [3.63, 3.8) is 0 Å². The largest absolute Gasteiger partial charge is 0.425 e. The Kier molecular flexibility index (Phi) is 6.23. The molecule has 1 atom stereocenters. The molecule has 0 fully saturated rings. The van der Waals surface area contributed by atoms with Gasteiger partial charge in [-0.1, -0.05) is 13.3 Å². The van der Waals surface area contributed by atoms with Gasteiger partial charge in [0.05, 0.1) is 0 Å². The van der Waals surface area contributed by atoms with Crippen LogP contribution in [0.1, 0.15) is 32.8 Å². The van der Waals surface area contributed by atoms with Gasteiger partial charge in [-0.15, -0.1) is 0 Å². The Balaban J connectivity index is 2.02. The Hall–Kier alpha value is -2.27. The zero-order valence-corrected chi connectivity index (χ0v) is 13.8. The highest BCUT2D eigenvalue weighted by atomic mass is 16.6. The van der Waals surface area contributed by atoms with Crippen LogP contribution in [0.3, 0.4) is 0 Å². The standard InChI is InChI=1S/C18H22N2O3/c1-4-6-14-11-19-17(20-12-14)15-7-9-16(10-8-15)23-18(21)13(3)22-5-2/h7-13H,4-6H2,1-3H3. The van der Waals surface area contributed by atoms with E-state index in [2.05, 4.69) is 16.9 Å². The predicted octanol–water partition coefficient (Wildman–Crippen LogP) is 3.43. The van der Waals surface area contributed by atoms with Crippen LogP contribution in [0.2, 0.25) is 0 Å². The van der Waals surface area contributed by atoms with Crippen LogP contribution >= 0.6 is 0 Å². The van der Waals surface area contributed by atoms with Crippen LogP contribution in [0.25, 0.3) is 11.4 Å². The number of hydrogen-bond donors (Lipinski definition) is 0. The van der Waals surface area contributed by atoms with Gasteiger partial charge < -0.3 is 9.47 Å². The number of esters is 1. The molecule has 1 aromatic heterocycles. The average molecular weight is 314 g/mol. The van der Waals surface area contributed by atoms with E-state index in [1.807, 2.05) is 31.5 Å². The van der Waals surface area contributed by atoms with Crippen molar-refractivity contribution in [3.05, 3.63) is 42.2 Å². The van der Waals surface area contributed by atoms with Crippen molar-refractivity contribution in [2.24, 2.45) is 0 Å². The summed E-state index contributed by atoms with van der Waals surface area (Å²) in [6.45, 7) is 6.11. The fraction of sp³-hybridized carbons (Fsp3) is 0.389. The zero-order valence-electron chi connectivity index (χ0n) is 13.8.